The highest BCUT2D eigenvalue weighted by Crippen LogP contribution is 2.32. The van der Waals surface area contributed by atoms with Gasteiger partial charge in [0.25, 0.3) is 5.56 Å². The van der Waals surface area contributed by atoms with Crippen molar-refractivity contribution in [3.05, 3.63) is 57.5 Å². The van der Waals surface area contributed by atoms with Crippen LogP contribution < -0.4 is 10.5 Å². The van der Waals surface area contributed by atoms with Crippen LogP contribution in [0.2, 0.25) is 0 Å². The quantitative estimate of drug-likeness (QED) is 0.606. The summed E-state index contributed by atoms with van der Waals surface area (Å²) in [5.74, 6) is -0.226. The number of nitriles is 1. The van der Waals surface area contributed by atoms with E-state index in [2.05, 4.69) is 11.1 Å². The van der Waals surface area contributed by atoms with Crippen LogP contribution in [-0.2, 0) is 24.2 Å². The minimum absolute atomic E-state index is 0.0906. The Morgan fingerprint density at radius 3 is 2.79 bits per heavy atom. The van der Waals surface area contributed by atoms with Gasteiger partial charge >= 0.3 is 0 Å². The van der Waals surface area contributed by atoms with Crippen molar-refractivity contribution in [2.45, 2.75) is 45.1 Å². The molecule has 7 heteroatoms. The zero-order valence-electron chi connectivity index (χ0n) is 16.1. The van der Waals surface area contributed by atoms with Crippen LogP contribution in [-0.4, -0.2) is 22.0 Å². The van der Waals surface area contributed by atoms with Gasteiger partial charge < -0.3 is 4.90 Å². The van der Waals surface area contributed by atoms with Crippen molar-refractivity contribution in [1.82, 2.24) is 9.55 Å². The summed E-state index contributed by atoms with van der Waals surface area (Å²) in [6, 6.07) is 11.3. The van der Waals surface area contributed by atoms with Crippen LogP contribution >= 0.6 is 11.3 Å². The van der Waals surface area contributed by atoms with E-state index in [9.17, 15) is 9.59 Å². The van der Waals surface area contributed by atoms with Crippen molar-refractivity contribution in [2.75, 3.05) is 11.4 Å². The van der Waals surface area contributed by atoms with Gasteiger partial charge in [-0.3, -0.25) is 14.2 Å². The molecule has 0 atom stereocenters. The fourth-order valence-corrected chi connectivity index (χ4v) is 5.09. The third-order valence-electron chi connectivity index (χ3n) is 5.31. The van der Waals surface area contributed by atoms with Gasteiger partial charge in [-0.15, -0.1) is 11.3 Å². The maximum absolute atomic E-state index is 13.2. The number of nitrogens with zero attached hydrogens (tertiary/aromatic N) is 4. The molecule has 0 spiro atoms. The van der Waals surface area contributed by atoms with Gasteiger partial charge in [0.1, 0.15) is 11.4 Å². The van der Waals surface area contributed by atoms with Crippen molar-refractivity contribution >= 4 is 33.1 Å². The fourth-order valence-electron chi connectivity index (χ4n) is 3.87. The number of carbonyl (C=O) groups is 1. The van der Waals surface area contributed by atoms with Crippen molar-refractivity contribution in [2.24, 2.45) is 0 Å². The van der Waals surface area contributed by atoms with Gasteiger partial charge in [-0.2, -0.15) is 5.26 Å². The van der Waals surface area contributed by atoms with Crippen molar-refractivity contribution in [1.29, 1.82) is 5.26 Å². The van der Waals surface area contributed by atoms with E-state index in [1.54, 1.807) is 16.2 Å². The largest absolute Gasteiger partial charge is 0.310 e. The molecule has 1 aromatic carbocycles. The summed E-state index contributed by atoms with van der Waals surface area (Å²) in [5, 5.41) is 9.64. The summed E-state index contributed by atoms with van der Waals surface area (Å²) in [5.41, 5.74) is 1.71. The molecule has 0 N–H and O–H groups in total. The highest BCUT2D eigenvalue weighted by molar-refractivity contribution is 7.18. The lowest BCUT2D eigenvalue weighted by Gasteiger charge is -2.22. The van der Waals surface area contributed by atoms with Gasteiger partial charge in [-0.05, 0) is 43.4 Å². The topological polar surface area (TPSA) is 79.0 Å². The Kier molecular flexibility index (Phi) is 5.72. The predicted molar refractivity (Wildman–Crippen MR) is 114 cm³/mol. The number of amides is 1. The molecule has 0 radical (unpaired) electrons. The first-order valence-corrected chi connectivity index (χ1v) is 10.7. The summed E-state index contributed by atoms with van der Waals surface area (Å²) >= 11 is 1.61. The molecule has 4 rings (SSSR count). The first kappa shape index (κ1) is 19.3. The van der Waals surface area contributed by atoms with Crippen molar-refractivity contribution in [3.63, 3.8) is 0 Å². The van der Waals surface area contributed by atoms with E-state index >= 15 is 0 Å². The monoisotopic (exact) mass is 406 g/mol. The van der Waals surface area contributed by atoms with Crippen LogP contribution in [0.3, 0.4) is 0 Å². The third kappa shape index (κ3) is 3.94. The molecule has 0 aliphatic heterocycles. The van der Waals surface area contributed by atoms with Crippen LogP contribution in [0.1, 0.15) is 36.1 Å². The number of anilines is 1. The molecular formula is C22H22N4O2S. The lowest BCUT2D eigenvalue weighted by atomic mass is 10.1. The van der Waals surface area contributed by atoms with Gasteiger partial charge in [-0.1, -0.05) is 24.6 Å². The SMILES string of the molecule is N#CCCN(C(=O)Cn1cnc2sc3c(c2c1=O)CCCCC3)c1ccccc1. The molecule has 1 aliphatic rings. The van der Waals surface area contributed by atoms with Crippen LogP contribution in [0, 0.1) is 11.3 Å². The van der Waals surface area contributed by atoms with E-state index in [-0.39, 0.29) is 31.0 Å². The molecule has 2 aromatic heterocycles. The van der Waals surface area contributed by atoms with Gasteiger partial charge in [0.15, 0.2) is 0 Å². The van der Waals surface area contributed by atoms with Gasteiger partial charge in [-0.25, -0.2) is 4.98 Å². The third-order valence-corrected chi connectivity index (χ3v) is 6.51. The second-order valence-electron chi connectivity index (χ2n) is 7.21. The number of rotatable bonds is 5. The van der Waals surface area contributed by atoms with E-state index in [1.165, 1.54) is 22.2 Å². The van der Waals surface area contributed by atoms with Crippen LogP contribution in [0.4, 0.5) is 5.69 Å². The Morgan fingerprint density at radius 2 is 2.00 bits per heavy atom. The summed E-state index contributed by atoms with van der Waals surface area (Å²) in [6.45, 7) is 0.199. The van der Waals surface area contributed by atoms with E-state index in [0.717, 1.165) is 41.8 Å². The molecule has 0 saturated carbocycles. The minimum Gasteiger partial charge on any atom is -0.310 e. The molecule has 0 bridgehead atoms. The number of fused-ring (bicyclic) bond motifs is 3. The summed E-state index contributed by atoms with van der Waals surface area (Å²) in [7, 11) is 0. The summed E-state index contributed by atoms with van der Waals surface area (Å²) in [4.78, 5) is 34.3. The second kappa shape index (κ2) is 8.58. The second-order valence-corrected chi connectivity index (χ2v) is 8.29. The zero-order chi connectivity index (χ0) is 20.2. The molecular weight excluding hydrogens is 384 g/mol. The van der Waals surface area contributed by atoms with Crippen molar-refractivity contribution < 1.29 is 4.79 Å². The number of aromatic nitrogens is 2. The Morgan fingerprint density at radius 1 is 1.21 bits per heavy atom. The molecule has 29 heavy (non-hydrogen) atoms. The zero-order valence-corrected chi connectivity index (χ0v) is 17.0. The normalized spacial score (nSPS) is 13.5. The molecule has 1 amide bonds. The highest BCUT2D eigenvalue weighted by atomic mass is 32.1. The number of aryl methyl sites for hydroxylation is 2. The first-order valence-electron chi connectivity index (χ1n) is 9.91. The maximum Gasteiger partial charge on any atom is 0.262 e. The van der Waals surface area contributed by atoms with E-state index in [1.807, 2.05) is 30.3 Å². The van der Waals surface area contributed by atoms with Gasteiger partial charge in [0.2, 0.25) is 5.91 Å². The molecule has 2 heterocycles. The van der Waals surface area contributed by atoms with Gasteiger partial charge in [0.05, 0.1) is 24.2 Å². The van der Waals surface area contributed by atoms with E-state index in [0.29, 0.717) is 5.39 Å². The molecule has 1 aliphatic carbocycles. The van der Waals surface area contributed by atoms with Crippen LogP contribution in [0.5, 0.6) is 0 Å². The first-order chi connectivity index (χ1) is 14.2. The molecule has 0 unspecified atom stereocenters. The van der Waals surface area contributed by atoms with E-state index in [4.69, 9.17) is 5.26 Å². The number of hydrogen-bond acceptors (Lipinski definition) is 5. The highest BCUT2D eigenvalue weighted by Gasteiger charge is 2.21. The number of carbonyl (C=O) groups excluding carboxylic acids is 1. The molecule has 3 aromatic rings. The van der Waals surface area contributed by atoms with Crippen LogP contribution in [0.15, 0.2) is 41.5 Å². The summed E-state index contributed by atoms with van der Waals surface area (Å²) in [6.07, 6.45) is 7.03. The Hall–Kier alpha value is -2.98. The number of hydrogen-bond donors (Lipinski definition) is 0. The predicted octanol–water partition coefficient (Wildman–Crippen LogP) is 3.67. The molecule has 0 saturated heterocycles. The summed E-state index contributed by atoms with van der Waals surface area (Å²) < 4.78 is 1.41. The van der Waals surface area contributed by atoms with Crippen LogP contribution in [0.25, 0.3) is 10.2 Å². The fraction of sp³-hybridized carbons (Fsp3) is 0.364. The average molecular weight is 407 g/mol. The standard InChI is InChI=1S/C22H22N4O2S/c23-12-7-13-26(16-8-3-1-4-9-16)19(27)14-25-15-24-21-20(22(25)28)17-10-5-2-6-11-18(17)29-21/h1,3-4,8-9,15H,2,5-7,10-11,13-14H2. The number of benzene rings is 1. The average Bonchev–Trinajstić information content (AvgIpc) is 2.93. The Balaban J connectivity index is 1.66. The van der Waals surface area contributed by atoms with E-state index < -0.39 is 0 Å². The lowest BCUT2D eigenvalue weighted by molar-refractivity contribution is -0.119. The maximum atomic E-state index is 13.2. The molecule has 0 fully saturated rings. The lowest BCUT2D eigenvalue weighted by Crippen LogP contribution is -2.37. The van der Waals surface area contributed by atoms with Gasteiger partial charge in [0, 0.05) is 17.1 Å². The number of para-hydroxylation sites is 1. The number of thiophene rings is 1. The van der Waals surface area contributed by atoms with Crippen molar-refractivity contribution in [3.8, 4) is 6.07 Å². The Labute approximate surface area is 173 Å². The smallest absolute Gasteiger partial charge is 0.262 e. The molecule has 148 valence electrons. The Bertz CT molecular complexity index is 1130. The minimum atomic E-state index is -0.226. The molecule has 6 nitrogen and oxygen atoms in total.